The van der Waals surface area contributed by atoms with Crippen molar-refractivity contribution in [3.63, 3.8) is 0 Å². The molecule has 5 heteroatoms. The number of hydrogen-bond donors (Lipinski definition) is 2. The van der Waals surface area contributed by atoms with Crippen molar-refractivity contribution in [1.82, 2.24) is 5.32 Å². The van der Waals surface area contributed by atoms with Gasteiger partial charge in [0.25, 0.3) is 11.8 Å². The lowest BCUT2D eigenvalue weighted by Crippen LogP contribution is -2.35. The maximum Gasteiger partial charge on any atom is 0.265 e. The first-order valence-corrected chi connectivity index (χ1v) is 7.08. The molecule has 3 rings (SSSR count). The van der Waals surface area contributed by atoms with Gasteiger partial charge in [0.05, 0.1) is 11.3 Å². The van der Waals surface area contributed by atoms with Crippen LogP contribution < -0.4 is 15.4 Å². The largest absolute Gasteiger partial charge is 0.478 e. The summed E-state index contributed by atoms with van der Waals surface area (Å²) in [6, 6.07) is 14.8. The van der Waals surface area contributed by atoms with Gasteiger partial charge in [-0.05, 0) is 24.6 Å². The van der Waals surface area contributed by atoms with Crippen LogP contribution in [0.3, 0.4) is 0 Å². The van der Waals surface area contributed by atoms with Crippen molar-refractivity contribution >= 4 is 17.5 Å². The van der Waals surface area contributed by atoms with Gasteiger partial charge in [0.15, 0.2) is 11.9 Å². The molecule has 22 heavy (non-hydrogen) atoms. The maximum absolute atomic E-state index is 12.4. The van der Waals surface area contributed by atoms with Gasteiger partial charge in [0, 0.05) is 6.54 Å². The molecule has 0 aromatic heterocycles. The molecule has 0 radical (unpaired) electrons. The topological polar surface area (TPSA) is 67.4 Å². The summed E-state index contributed by atoms with van der Waals surface area (Å²) in [6.45, 7) is 2.09. The van der Waals surface area contributed by atoms with Crippen LogP contribution in [0.1, 0.15) is 22.8 Å². The second-order valence-corrected chi connectivity index (χ2v) is 5.10. The third kappa shape index (κ3) is 2.79. The predicted octanol–water partition coefficient (Wildman–Crippen LogP) is 2.34. The van der Waals surface area contributed by atoms with E-state index in [9.17, 15) is 9.59 Å². The van der Waals surface area contributed by atoms with E-state index >= 15 is 0 Å². The molecule has 0 aliphatic carbocycles. The van der Waals surface area contributed by atoms with Crippen molar-refractivity contribution in [3.05, 3.63) is 59.7 Å². The first-order valence-electron chi connectivity index (χ1n) is 7.08. The van der Waals surface area contributed by atoms with E-state index in [0.29, 0.717) is 23.5 Å². The molecule has 2 aromatic carbocycles. The normalized spacial score (nSPS) is 16.2. The molecule has 2 aromatic rings. The molecule has 0 saturated carbocycles. The fourth-order valence-electron chi connectivity index (χ4n) is 2.28. The molecule has 1 unspecified atom stereocenters. The number of fused-ring (bicyclic) bond motifs is 1. The third-order valence-electron chi connectivity index (χ3n) is 3.48. The molecule has 112 valence electrons. The minimum atomic E-state index is -0.615. The number of amides is 2. The summed E-state index contributed by atoms with van der Waals surface area (Å²) in [4.78, 5) is 24.0. The summed E-state index contributed by atoms with van der Waals surface area (Å²) in [5, 5.41) is 5.59. The molecular weight excluding hydrogens is 280 g/mol. The number of anilines is 1. The smallest absolute Gasteiger partial charge is 0.265 e. The molecule has 0 fully saturated rings. The number of hydrogen-bond acceptors (Lipinski definition) is 3. The first kappa shape index (κ1) is 14.1. The summed E-state index contributed by atoms with van der Waals surface area (Å²) in [5.74, 6) is -0.0291. The average Bonchev–Trinajstić information content (AvgIpc) is 2.54. The van der Waals surface area contributed by atoms with Crippen LogP contribution in [0.2, 0.25) is 0 Å². The first-order chi connectivity index (χ1) is 10.6. The summed E-state index contributed by atoms with van der Waals surface area (Å²) in [7, 11) is 0. The zero-order valence-electron chi connectivity index (χ0n) is 12.1. The Labute approximate surface area is 128 Å². The molecule has 0 spiro atoms. The van der Waals surface area contributed by atoms with Gasteiger partial charge in [-0.1, -0.05) is 36.4 Å². The summed E-state index contributed by atoms with van der Waals surface area (Å²) >= 11 is 0. The number of rotatable bonds is 3. The van der Waals surface area contributed by atoms with Crippen molar-refractivity contribution in [2.45, 2.75) is 19.6 Å². The molecule has 1 atom stereocenters. The third-order valence-corrected chi connectivity index (χ3v) is 3.48. The summed E-state index contributed by atoms with van der Waals surface area (Å²) < 4.78 is 5.58. The molecule has 5 nitrogen and oxygen atoms in total. The van der Waals surface area contributed by atoms with Crippen molar-refractivity contribution in [2.75, 3.05) is 5.32 Å². The molecule has 1 heterocycles. The Morgan fingerprint density at radius 1 is 1.18 bits per heavy atom. The minimum Gasteiger partial charge on any atom is -0.478 e. The Morgan fingerprint density at radius 3 is 2.73 bits per heavy atom. The van der Waals surface area contributed by atoms with Gasteiger partial charge < -0.3 is 15.4 Å². The summed E-state index contributed by atoms with van der Waals surface area (Å²) in [5.41, 5.74) is 1.96. The van der Waals surface area contributed by atoms with Crippen molar-refractivity contribution in [3.8, 4) is 5.75 Å². The fraction of sp³-hybridized carbons (Fsp3) is 0.176. The maximum atomic E-state index is 12.4. The van der Waals surface area contributed by atoms with Gasteiger partial charge in [-0.15, -0.1) is 0 Å². The highest BCUT2D eigenvalue weighted by atomic mass is 16.5. The highest BCUT2D eigenvalue weighted by Gasteiger charge is 2.27. The van der Waals surface area contributed by atoms with Crippen LogP contribution in [0.25, 0.3) is 0 Å². The van der Waals surface area contributed by atoms with Gasteiger partial charge in [-0.25, -0.2) is 0 Å². The highest BCUT2D eigenvalue weighted by molar-refractivity contribution is 6.03. The van der Waals surface area contributed by atoms with Gasteiger partial charge in [0.2, 0.25) is 0 Å². The van der Waals surface area contributed by atoms with E-state index in [2.05, 4.69) is 10.6 Å². The zero-order chi connectivity index (χ0) is 15.5. The van der Waals surface area contributed by atoms with Crippen LogP contribution in [0.15, 0.2) is 48.5 Å². The number of carbonyl (C=O) groups excluding carboxylic acids is 2. The SMILES string of the molecule is CC1Oc2c(cccc2C(=O)NCc2ccccc2)NC1=O. The van der Waals surface area contributed by atoms with Gasteiger partial charge in [0.1, 0.15) is 0 Å². The van der Waals surface area contributed by atoms with Crippen LogP contribution in [0.4, 0.5) is 5.69 Å². The van der Waals surface area contributed by atoms with Crippen molar-refractivity contribution in [2.24, 2.45) is 0 Å². The van der Waals surface area contributed by atoms with Gasteiger partial charge in [-0.3, -0.25) is 9.59 Å². The van der Waals surface area contributed by atoms with Gasteiger partial charge >= 0.3 is 0 Å². The van der Waals surface area contributed by atoms with Crippen molar-refractivity contribution < 1.29 is 14.3 Å². The standard InChI is InChI=1S/C17H16N2O3/c1-11-16(20)19-14-9-5-8-13(15(14)22-11)17(21)18-10-12-6-3-2-4-7-12/h2-9,11H,10H2,1H3,(H,18,21)(H,19,20). The molecule has 1 aliphatic rings. The number of para-hydroxylation sites is 1. The van der Waals surface area contributed by atoms with E-state index in [1.165, 1.54) is 0 Å². The predicted molar refractivity (Wildman–Crippen MR) is 82.8 cm³/mol. The van der Waals surface area contributed by atoms with Crippen LogP contribution >= 0.6 is 0 Å². The second-order valence-electron chi connectivity index (χ2n) is 5.10. The molecule has 0 saturated heterocycles. The van der Waals surface area contributed by atoms with Crippen molar-refractivity contribution in [1.29, 1.82) is 0 Å². The Morgan fingerprint density at radius 2 is 1.95 bits per heavy atom. The van der Waals surface area contributed by atoms with E-state index in [1.807, 2.05) is 30.3 Å². The van der Waals surface area contributed by atoms with Gasteiger partial charge in [-0.2, -0.15) is 0 Å². The zero-order valence-corrected chi connectivity index (χ0v) is 12.1. The Hall–Kier alpha value is -2.82. The molecular formula is C17H16N2O3. The van der Waals surface area contributed by atoms with Crippen LogP contribution in [-0.4, -0.2) is 17.9 Å². The summed E-state index contributed by atoms with van der Waals surface area (Å²) in [6.07, 6.45) is -0.615. The number of ether oxygens (including phenoxy) is 1. The fourth-order valence-corrected chi connectivity index (χ4v) is 2.28. The van der Waals surface area contributed by atoms with E-state index in [-0.39, 0.29) is 11.8 Å². The lowest BCUT2D eigenvalue weighted by atomic mass is 10.1. The quantitative estimate of drug-likeness (QED) is 0.913. The molecule has 2 N–H and O–H groups in total. The van der Waals surface area contributed by atoms with E-state index in [4.69, 9.17) is 4.74 Å². The molecule has 0 bridgehead atoms. The van der Waals surface area contributed by atoms with E-state index in [1.54, 1.807) is 25.1 Å². The Balaban J connectivity index is 1.79. The second kappa shape index (κ2) is 5.89. The van der Waals surface area contributed by atoms with Crippen LogP contribution in [0, 0.1) is 0 Å². The molecule has 1 aliphatic heterocycles. The Kier molecular flexibility index (Phi) is 3.78. The van der Waals surface area contributed by atoms with E-state index in [0.717, 1.165) is 5.56 Å². The lowest BCUT2D eigenvalue weighted by Gasteiger charge is -2.25. The van der Waals surface area contributed by atoms with Crippen LogP contribution in [0.5, 0.6) is 5.75 Å². The van der Waals surface area contributed by atoms with Crippen LogP contribution in [-0.2, 0) is 11.3 Å². The Bertz CT molecular complexity index is 713. The number of nitrogens with one attached hydrogen (secondary N) is 2. The highest BCUT2D eigenvalue weighted by Crippen LogP contribution is 2.33. The van der Waals surface area contributed by atoms with E-state index < -0.39 is 6.10 Å². The molecule has 2 amide bonds. The monoisotopic (exact) mass is 296 g/mol. The number of benzene rings is 2. The average molecular weight is 296 g/mol. The lowest BCUT2D eigenvalue weighted by molar-refractivity contribution is -0.122. The number of carbonyl (C=O) groups is 2. The minimum absolute atomic E-state index is 0.214.